The molecule has 1 fully saturated rings. The Bertz CT molecular complexity index is 841. The zero-order valence-electron chi connectivity index (χ0n) is 14.4. The first-order valence-corrected chi connectivity index (χ1v) is 8.95. The monoisotopic (exact) mass is 373 g/mol. The average molecular weight is 374 g/mol. The van der Waals surface area contributed by atoms with Crippen LogP contribution in [0.3, 0.4) is 0 Å². The van der Waals surface area contributed by atoms with E-state index in [1.165, 1.54) is 12.1 Å². The van der Waals surface area contributed by atoms with Crippen LogP contribution in [0.4, 0.5) is 17.1 Å². The van der Waals surface area contributed by atoms with E-state index >= 15 is 0 Å². The number of nitro benzene ring substituents is 1. The molecule has 0 spiro atoms. The SMILES string of the molecule is C[C@H]1CCCCN1c1ccc([N+](=O)[O-])cc1C(=O)Nc1cccc(Cl)c1. The maximum absolute atomic E-state index is 12.9. The topological polar surface area (TPSA) is 75.5 Å². The molecule has 1 N–H and O–H groups in total. The smallest absolute Gasteiger partial charge is 0.270 e. The summed E-state index contributed by atoms with van der Waals surface area (Å²) in [6.45, 7) is 2.94. The molecule has 1 amide bonds. The van der Waals surface area contributed by atoms with Crippen LogP contribution >= 0.6 is 11.6 Å². The Labute approximate surface area is 156 Å². The van der Waals surface area contributed by atoms with E-state index in [2.05, 4.69) is 17.1 Å². The molecular weight excluding hydrogens is 354 g/mol. The maximum atomic E-state index is 12.9. The Morgan fingerprint density at radius 2 is 2.08 bits per heavy atom. The van der Waals surface area contributed by atoms with Crippen LogP contribution in [0, 0.1) is 10.1 Å². The first-order valence-electron chi connectivity index (χ1n) is 8.57. The number of halogens is 1. The van der Waals surface area contributed by atoms with Crippen molar-refractivity contribution in [2.45, 2.75) is 32.2 Å². The minimum absolute atomic E-state index is 0.102. The first kappa shape index (κ1) is 18.2. The highest BCUT2D eigenvalue weighted by molar-refractivity contribution is 6.31. The van der Waals surface area contributed by atoms with Gasteiger partial charge in [-0.1, -0.05) is 17.7 Å². The molecule has 0 bridgehead atoms. The highest BCUT2D eigenvalue weighted by Gasteiger charge is 2.25. The molecule has 2 aromatic rings. The zero-order chi connectivity index (χ0) is 18.7. The number of carbonyl (C=O) groups excluding carboxylic acids is 1. The summed E-state index contributed by atoms with van der Waals surface area (Å²) in [5, 5.41) is 14.5. The summed E-state index contributed by atoms with van der Waals surface area (Å²) in [7, 11) is 0. The third kappa shape index (κ3) is 3.96. The van der Waals surface area contributed by atoms with Crippen molar-refractivity contribution in [3.05, 3.63) is 63.2 Å². The molecule has 7 heteroatoms. The van der Waals surface area contributed by atoms with Crippen LogP contribution in [-0.4, -0.2) is 23.4 Å². The predicted octanol–water partition coefficient (Wildman–Crippen LogP) is 4.88. The summed E-state index contributed by atoms with van der Waals surface area (Å²) in [4.78, 5) is 25.7. The molecule has 2 aromatic carbocycles. The number of piperidine rings is 1. The molecule has 1 atom stereocenters. The van der Waals surface area contributed by atoms with Crippen LogP contribution in [-0.2, 0) is 0 Å². The molecule has 1 saturated heterocycles. The Balaban J connectivity index is 1.97. The van der Waals surface area contributed by atoms with Crippen LogP contribution in [0.25, 0.3) is 0 Å². The molecule has 1 aliphatic rings. The summed E-state index contributed by atoms with van der Waals surface area (Å²) in [6.07, 6.45) is 3.22. The summed E-state index contributed by atoms with van der Waals surface area (Å²) < 4.78 is 0. The quantitative estimate of drug-likeness (QED) is 0.612. The number of nitrogens with zero attached hydrogens (tertiary/aromatic N) is 2. The van der Waals surface area contributed by atoms with Gasteiger partial charge in [-0.3, -0.25) is 14.9 Å². The zero-order valence-corrected chi connectivity index (χ0v) is 15.2. The minimum Gasteiger partial charge on any atom is -0.368 e. The fourth-order valence-corrected chi connectivity index (χ4v) is 3.48. The number of anilines is 2. The van der Waals surface area contributed by atoms with E-state index in [9.17, 15) is 14.9 Å². The predicted molar refractivity (Wildman–Crippen MR) is 103 cm³/mol. The molecule has 26 heavy (non-hydrogen) atoms. The van der Waals surface area contributed by atoms with Crippen molar-refractivity contribution in [2.24, 2.45) is 0 Å². The third-order valence-electron chi connectivity index (χ3n) is 4.63. The largest absolute Gasteiger partial charge is 0.368 e. The number of hydrogen-bond donors (Lipinski definition) is 1. The lowest BCUT2D eigenvalue weighted by Crippen LogP contribution is -2.38. The Kier molecular flexibility index (Phi) is 5.42. The fraction of sp³-hybridized carbons (Fsp3) is 0.316. The lowest BCUT2D eigenvalue weighted by atomic mass is 10.0. The van der Waals surface area contributed by atoms with Crippen molar-refractivity contribution >= 4 is 34.6 Å². The molecule has 0 aromatic heterocycles. The van der Waals surface area contributed by atoms with Gasteiger partial charge in [0, 0.05) is 35.4 Å². The van der Waals surface area contributed by atoms with Gasteiger partial charge < -0.3 is 10.2 Å². The van der Waals surface area contributed by atoms with Gasteiger partial charge in [-0.05, 0) is 50.5 Å². The van der Waals surface area contributed by atoms with Gasteiger partial charge in [0.05, 0.1) is 16.2 Å². The van der Waals surface area contributed by atoms with Crippen molar-refractivity contribution in [1.29, 1.82) is 0 Å². The van der Waals surface area contributed by atoms with E-state index in [1.54, 1.807) is 30.3 Å². The molecule has 136 valence electrons. The van der Waals surface area contributed by atoms with E-state index < -0.39 is 4.92 Å². The van der Waals surface area contributed by atoms with Crippen molar-refractivity contribution in [1.82, 2.24) is 0 Å². The van der Waals surface area contributed by atoms with E-state index in [0.717, 1.165) is 31.5 Å². The molecule has 1 heterocycles. The van der Waals surface area contributed by atoms with E-state index in [4.69, 9.17) is 11.6 Å². The fourth-order valence-electron chi connectivity index (χ4n) is 3.29. The number of non-ortho nitro benzene ring substituents is 1. The lowest BCUT2D eigenvalue weighted by Gasteiger charge is -2.36. The van der Waals surface area contributed by atoms with Crippen LogP contribution in [0.15, 0.2) is 42.5 Å². The highest BCUT2D eigenvalue weighted by atomic mass is 35.5. The Hall–Kier alpha value is -2.60. The van der Waals surface area contributed by atoms with E-state index in [1.807, 2.05) is 0 Å². The first-order chi connectivity index (χ1) is 12.5. The number of benzene rings is 2. The second-order valence-corrected chi connectivity index (χ2v) is 6.90. The molecular formula is C19H20ClN3O3. The second-order valence-electron chi connectivity index (χ2n) is 6.46. The summed E-state index contributed by atoms with van der Waals surface area (Å²) >= 11 is 5.96. The average Bonchev–Trinajstić information content (AvgIpc) is 2.61. The molecule has 3 rings (SSSR count). The normalized spacial score (nSPS) is 17.0. The second kappa shape index (κ2) is 7.74. The molecule has 0 radical (unpaired) electrons. The number of amides is 1. The van der Waals surface area contributed by atoms with Gasteiger partial charge in [0.15, 0.2) is 0 Å². The van der Waals surface area contributed by atoms with E-state index in [0.29, 0.717) is 16.3 Å². The molecule has 0 aliphatic carbocycles. The number of nitrogens with one attached hydrogen (secondary N) is 1. The number of rotatable bonds is 4. The molecule has 0 saturated carbocycles. The van der Waals surface area contributed by atoms with Gasteiger partial charge in [0.1, 0.15) is 0 Å². The number of carbonyl (C=O) groups is 1. The van der Waals surface area contributed by atoms with Gasteiger partial charge in [-0.15, -0.1) is 0 Å². The summed E-state index contributed by atoms with van der Waals surface area (Å²) in [5.74, 6) is -0.385. The van der Waals surface area contributed by atoms with Crippen molar-refractivity contribution < 1.29 is 9.72 Å². The van der Waals surface area contributed by atoms with Gasteiger partial charge in [0.2, 0.25) is 0 Å². The van der Waals surface area contributed by atoms with Gasteiger partial charge >= 0.3 is 0 Å². The van der Waals surface area contributed by atoms with Crippen LogP contribution < -0.4 is 10.2 Å². The highest BCUT2D eigenvalue weighted by Crippen LogP contribution is 2.31. The van der Waals surface area contributed by atoms with Gasteiger partial charge in [0.25, 0.3) is 11.6 Å². The minimum atomic E-state index is -0.487. The Morgan fingerprint density at radius 1 is 1.27 bits per heavy atom. The summed E-state index contributed by atoms with van der Waals surface area (Å²) in [5.41, 5.74) is 1.47. The van der Waals surface area contributed by atoms with Gasteiger partial charge in [-0.2, -0.15) is 0 Å². The summed E-state index contributed by atoms with van der Waals surface area (Å²) in [6, 6.07) is 11.6. The number of hydrogen-bond acceptors (Lipinski definition) is 4. The van der Waals surface area contributed by atoms with Crippen LogP contribution in [0.1, 0.15) is 36.5 Å². The van der Waals surface area contributed by atoms with E-state index in [-0.39, 0.29) is 17.6 Å². The molecule has 1 aliphatic heterocycles. The Morgan fingerprint density at radius 3 is 2.77 bits per heavy atom. The molecule has 6 nitrogen and oxygen atoms in total. The van der Waals surface area contributed by atoms with Crippen LogP contribution in [0.5, 0.6) is 0 Å². The van der Waals surface area contributed by atoms with Crippen molar-refractivity contribution in [2.75, 3.05) is 16.8 Å². The van der Waals surface area contributed by atoms with Crippen molar-refractivity contribution in [3.63, 3.8) is 0 Å². The maximum Gasteiger partial charge on any atom is 0.270 e. The molecule has 0 unspecified atom stereocenters. The lowest BCUT2D eigenvalue weighted by molar-refractivity contribution is -0.384. The standard InChI is InChI=1S/C19H20ClN3O3/c1-13-5-2-3-10-22(13)18-9-8-16(23(25)26)12-17(18)19(24)21-15-7-4-6-14(20)11-15/h4,6-9,11-13H,2-3,5,10H2,1H3,(H,21,24)/t13-/m0/s1. The van der Waals surface area contributed by atoms with Crippen molar-refractivity contribution in [3.8, 4) is 0 Å². The van der Waals surface area contributed by atoms with Gasteiger partial charge in [-0.25, -0.2) is 0 Å². The van der Waals surface area contributed by atoms with Crippen LogP contribution in [0.2, 0.25) is 5.02 Å². The third-order valence-corrected chi connectivity index (χ3v) is 4.87. The number of nitro groups is 1.